The molecule has 2 aromatic carbocycles. The number of aliphatic imine (C=N–C) groups is 1. The zero-order valence-electron chi connectivity index (χ0n) is 19.6. The Hall–Kier alpha value is -4.23. The van der Waals surface area contributed by atoms with Crippen molar-refractivity contribution in [2.24, 2.45) is 4.99 Å². The quantitative estimate of drug-likeness (QED) is 0.429. The van der Waals surface area contributed by atoms with Crippen molar-refractivity contribution in [2.75, 3.05) is 38.1 Å². The molecule has 0 atom stereocenters. The van der Waals surface area contributed by atoms with Gasteiger partial charge in [0.2, 0.25) is 5.88 Å². The molecule has 176 valence electrons. The minimum atomic E-state index is -0.341. The van der Waals surface area contributed by atoms with E-state index in [0.29, 0.717) is 16.3 Å². The van der Waals surface area contributed by atoms with E-state index in [0.717, 1.165) is 43.1 Å². The number of aromatic hydroxyl groups is 1. The Bertz CT molecular complexity index is 1430. The van der Waals surface area contributed by atoms with Crippen LogP contribution in [0.25, 0.3) is 22.9 Å². The van der Waals surface area contributed by atoms with Crippen molar-refractivity contribution >= 4 is 40.5 Å². The number of hydrogen-bond donors (Lipinski definition) is 2. The average molecular weight is 466 g/mol. The second kappa shape index (κ2) is 9.95. The molecule has 0 amide bonds. The smallest absolute Gasteiger partial charge is 0.258 e. The number of aromatic amines is 1. The Kier molecular flexibility index (Phi) is 6.41. The second-order valence-corrected chi connectivity index (χ2v) is 8.67. The third-order valence-corrected chi connectivity index (χ3v) is 6.26. The maximum absolute atomic E-state index is 12.4. The van der Waals surface area contributed by atoms with E-state index in [9.17, 15) is 9.90 Å². The number of fused-ring (bicyclic) bond motifs is 1. The lowest BCUT2D eigenvalue weighted by atomic mass is 10.0. The number of aromatic nitrogens is 2. The Labute approximate surface area is 203 Å². The van der Waals surface area contributed by atoms with Crippen molar-refractivity contribution in [3.8, 4) is 5.88 Å². The number of hydrogen-bond acceptors (Lipinski definition) is 6. The summed E-state index contributed by atoms with van der Waals surface area (Å²) in [6, 6.07) is 19.3. The van der Waals surface area contributed by atoms with Crippen molar-refractivity contribution in [2.45, 2.75) is 0 Å². The summed E-state index contributed by atoms with van der Waals surface area (Å²) < 4.78 is 0. The number of pyridine rings is 2. The summed E-state index contributed by atoms with van der Waals surface area (Å²) in [5.41, 5.74) is 3.80. The van der Waals surface area contributed by atoms with Crippen LogP contribution in [0.1, 0.15) is 16.8 Å². The van der Waals surface area contributed by atoms with E-state index >= 15 is 0 Å². The Morgan fingerprint density at radius 1 is 0.971 bits per heavy atom. The van der Waals surface area contributed by atoms with Crippen LogP contribution >= 0.6 is 0 Å². The molecule has 0 aliphatic carbocycles. The molecule has 4 aromatic rings. The molecule has 0 spiro atoms. The summed E-state index contributed by atoms with van der Waals surface area (Å²) in [6.45, 7) is 4.12. The maximum Gasteiger partial charge on any atom is 0.258 e. The molecular weight excluding hydrogens is 438 g/mol. The SMILES string of the molecule is CN1CCN(c2ccc(N=Cc3c(O)[nH]c(=O)c4ccc(C=Cc5ccccn5)cc34)cc2)CC1. The zero-order chi connectivity index (χ0) is 24.2. The third kappa shape index (κ3) is 5.15. The van der Waals surface area contributed by atoms with Crippen LogP contribution < -0.4 is 10.5 Å². The van der Waals surface area contributed by atoms with Crippen LogP contribution in [0.4, 0.5) is 11.4 Å². The maximum atomic E-state index is 12.4. The van der Waals surface area contributed by atoms with Gasteiger partial charge in [0.25, 0.3) is 5.56 Å². The van der Waals surface area contributed by atoms with Crippen LogP contribution in [0.5, 0.6) is 5.88 Å². The second-order valence-electron chi connectivity index (χ2n) is 8.67. The van der Waals surface area contributed by atoms with Crippen molar-refractivity contribution < 1.29 is 5.11 Å². The fourth-order valence-electron chi connectivity index (χ4n) is 4.20. The molecule has 3 heterocycles. The Balaban J connectivity index is 1.43. The van der Waals surface area contributed by atoms with Crippen LogP contribution in [0.3, 0.4) is 0 Å². The van der Waals surface area contributed by atoms with Gasteiger partial charge in [-0.2, -0.15) is 0 Å². The number of benzene rings is 2. The van der Waals surface area contributed by atoms with Gasteiger partial charge in [0.1, 0.15) is 0 Å². The molecule has 1 saturated heterocycles. The van der Waals surface area contributed by atoms with Gasteiger partial charge in [-0.05, 0) is 67.2 Å². The predicted octanol–water partition coefficient (Wildman–Crippen LogP) is 4.30. The van der Waals surface area contributed by atoms with Gasteiger partial charge in [-0.3, -0.25) is 19.8 Å². The summed E-state index contributed by atoms with van der Waals surface area (Å²) in [5, 5.41) is 11.6. The number of rotatable bonds is 5. The summed E-state index contributed by atoms with van der Waals surface area (Å²) in [7, 11) is 2.14. The van der Waals surface area contributed by atoms with Crippen LogP contribution in [0, 0.1) is 0 Å². The largest absolute Gasteiger partial charge is 0.494 e. The van der Waals surface area contributed by atoms with E-state index < -0.39 is 0 Å². The molecule has 5 rings (SSSR count). The van der Waals surface area contributed by atoms with Gasteiger partial charge in [0.05, 0.1) is 16.9 Å². The molecule has 0 bridgehead atoms. The Morgan fingerprint density at radius 2 is 1.77 bits per heavy atom. The molecule has 35 heavy (non-hydrogen) atoms. The lowest BCUT2D eigenvalue weighted by Crippen LogP contribution is -2.44. The zero-order valence-corrected chi connectivity index (χ0v) is 19.6. The minimum Gasteiger partial charge on any atom is -0.494 e. The highest BCUT2D eigenvalue weighted by Gasteiger charge is 2.14. The first-order chi connectivity index (χ1) is 17.1. The van der Waals surface area contributed by atoms with E-state index in [1.54, 1.807) is 18.5 Å². The van der Waals surface area contributed by atoms with Gasteiger partial charge in [-0.15, -0.1) is 0 Å². The van der Waals surface area contributed by atoms with E-state index in [1.165, 1.54) is 5.69 Å². The van der Waals surface area contributed by atoms with Crippen molar-refractivity contribution in [3.63, 3.8) is 0 Å². The highest BCUT2D eigenvalue weighted by atomic mass is 16.3. The highest BCUT2D eigenvalue weighted by Crippen LogP contribution is 2.25. The topological polar surface area (TPSA) is 84.8 Å². The molecule has 7 heteroatoms. The van der Waals surface area contributed by atoms with Gasteiger partial charge in [0, 0.05) is 55.1 Å². The molecule has 1 aliphatic rings. The summed E-state index contributed by atoms with van der Waals surface area (Å²) in [4.78, 5) is 28.5. The number of likely N-dealkylation sites (N-methyl/N-ethyl adjacent to an activating group) is 1. The van der Waals surface area contributed by atoms with E-state index in [4.69, 9.17) is 0 Å². The van der Waals surface area contributed by atoms with Crippen molar-refractivity contribution in [1.29, 1.82) is 0 Å². The van der Waals surface area contributed by atoms with Crippen LogP contribution in [-0.4, -0.2) is 59.4 Å². The summed E-state index contributed by atoms with van der Waals surface area (Å²) in [6.07, 6.45) is 7.18. The third-order valence-electron chi connectivity index (χ3n) is 6.26. The molecule has 0 saturated carbocycles. The van der Waals surface area contributed by atoms with E-state index in [-0.39, 0.29) is 11.4 Å². The lowest BCUT2D eigenvalue weighted by molar-refractivity contribution is 0.313. The summed E-state index contributed by atoms with van der Waals surface area (Å²) >= 11 is 0. The number of piperazine rings is 1. The van der Waals surface area contributed by atoms with Crippen LogP contribution in [0.2, 0.25) is 0 Å². The number of H-pyrrole nitrogens is 1. The molecule has 1 fully saturated rings. The Morgan fingerprint density at radius 3 is 2.51 bits per heavy atom. The average Bonchev–Trinajstić information content (AvgIpc) is 2.89. The lowest BCUT2D eigenvalue weighted by Gasteiger charge is -2.34. The fraction of sp³-hybridized carbons (Fsp3) is 0.179. The first-order valence-electron chi connectivity index (χ1n) is 11.6. The van der Waals surface area contributed by atoms with Gasteiger partial charge in [-0.1, -0.05) is 18.2 Å². The van der Waals surface area contributed by atoms with Gasteiger partial charge < -0.3 is 14.9 Å². The fourth-order valence-corrected chi connectivity index (χ4v) is 4.20. The first kappa shape index (κ1) is 22.6. The van der Waals surface area contributed by atoms with Gasteiger partial charge >= 0.3 is 0 Å². The van der Waals surface area contributed by atoms with Crippen LogP contribution in [0.15, 0.2) is 76.6 Å². The monoisotopic (exact) mass is 465 g/mol. The van der Waals surface area contributed by atoms with Gasteiger partial charge in [0.15, 0.2) is 0 Å². The normalized spacial score (nSPS) is 14.9. The minimum absolute atomic E-state index is 0.203. The first-order valence-corrected chi connectivity index (χ1v) is 11.6. The van der Waals surface area contributed by atoms with Crippen molar-refractivity contribution in [3.05, 3.63) is 94.0 Å². The van der Waals surface area contributed by atoms with Crippen LogP contribution in [-0.2, 0) is 0 Å². The van der Waals surface area contributed by atoms with Gasteiger partial charge in [-0.25, -0.2) is 0 Å². The predicted molar refractivity (Wildman–Crippen MR) is 143 cm³/mol. The number of nitrogens with one attached hydrogen (secondary N) is 1. The number of anilines is 1. The number of nitrogens with zero attached hydrogens (tertiary/aromatic N) is 4. The van der Waals surface area contributed by atoms with E-state index in [1.807, 2.05) is 54.6 Å². The highest BCUT2D eigenvalue weighted by molar-refractivity contribution is 6.02. The molecule has 2 aromatic heterocycles. The molecule has 0 radical (unpaired) electrons. The van der Waals surface area contributed by atoms with Crippen molar-refractivity contribution in [1.82, 2.24) is 14.9 Å². The molecule has 1 aliphatic heterocycles. The molecule has 2 N–H and O–H groups in total. The summed E-state index contributed by atoms with van der Waals surface area (Å²) in [5.74, 6) is -0.203. The standard InChI is InChI=1S/C28H27N5O2/c1-32-14-16-33(17-15-32)23-10-8-22(9-11-23)30-19-26-25-18-20(5-7-21-4-2-3-13-29-21)6-12-24(25)27(34)31-28(26)35/h2-13,18-19H,14-17H2,1H3,(H2,31,34,35). The van der Waals surface area contributed by atoms with E-state index in [2.05, 4.69) is 43.9 Å². The molecular formula is C28H27N5O2. The molecule has 0 unspecified atom stereocenters. The molecule has 7 nitrogen and oxygen atoms in total.